The van der Waals surface area contributed by atoms with Crippen molar-refractivity contribution in [2.24, 2.45) is 0 Å². The van der Waals surface area contributed by atoms with Gasteiger partial charge in [0.15, 0.2) is 4.84 Å². The number of carbonyl (C=O) groups excluding carboxylic acids is 3. The lowest BCUT2D eigenvalue weighted by Crippen LogP contribution is -2.35. The fraction of sp³-hybridized carbons (Fsp3) is 0.324. The molecule has 3 amide bonds. The number of hydrogen-bond acceptors (Lipinski definition) is 9. The van der Waals surface area contributed by atoms with Crippen LogP contribution in [0.2, 0.25) is 5.02 Å². The van der Waals surface area contributed by atoms with Gasteiger partial charge in [-0.15, -0.1) is 24.8 Å². The number of nitrogens with one attached hydrogen (secondary N) is 1. The standard InChI is InChI=1S/C15H10ClF3N2O6S.C14H20ClNO2.C8H11Cl2NO/c1-28(25,26)20-14(22)10-7-9(3-4-12(10)21(23)24)27-13-5-2-8(6-11(13)16)15(17,18)19;1-4-11-7-6-8-12(5-2)14(11)16(10-18-3)13(17)9-15;1-3-5-11(6-4-2)8(12)7(9)10/h2-7H,1H3,(H,20,22);6-8H,4-5,9-10H2,1-3H3;3-4,7H,1-2,5-6H2. The van der Waals surface area contributed by atoms with Gasteiger partial charge in [-0.05, 0) is 48.2 Å². The number of methoxy groups -OCH3 is 1. The van der Waals surface area contributed by atoms with Crippen molar-refractivity contribution in [1.82, 2.24) is 9.62 Å². The lowest BCUT2D eigenvalue weighted by molar-refractivity contribution is -0.385. The molecule has 0 aliphatic heterocycles. The number of nitrogens with zero attached hydrogens (tertiary/aromatic N) is 3. The minimum absolute atomic E-state index is 0.0371. The number of aryl methyl sites for hydroxylation is 2. The summed E-state index contributed by atoms with van der Waals surface area (Å²) in [5, 5.41) is 10.7. The summed E-state index contributed by atoms with van der Waals surface area (Å²) in [6.07, 6.45) is 1.03. The Labute approximate surface area is 354 Å². The number of hydrogen-bond donors (Lipinski definition) is 1. The zero-order chi connectivity index (χ0) is 44.4. The Balaban J connectivity index is 0.000000480. The molecule has 0 fully saturated rings. The van der Waals surface area contributed by atoms with Gasteiger partial charge in [0.25, 0.3) is 17.5 Å². The Kier molecular flexibility index (Phi) is 21.8. The van der Waals surface area contributed by atoms with Crippen LogP contribution in [0.1, 0.15) is 40.9 Å². The number of alkyl halides is 6. The van der Waals surface area contributed by atoms with E-state index >= 15 is 0 Å². The third kappa shape index (κ3) is 16.5. The van der Waals surface area contributed by atoms with Crippen LogP contribution in [0.4, 0.5) is 24.5 Å². The van der Waals surface area contributed by atoms with Gasteiger partial charge in [-0.2, -0.15) is 13.2 Å². The van der Waals surface area contributed by atoms with Crippen molar-refractivity contribution in [2.75, 3.05) is 44.0 Å². The predicted octanol–water partition coefficient (Wildman–Crippen LogP) is 8.73. The second kappa shape index (κ2) is 24.5. The van der Waals surface area contributed by atoms with Gasteiger partial charge in [-0.3, -0.25) is 29.4 Å². The van der Waals surface area contributed by atoms with Gasteiger partial charge in [0, 0.05) is 32.3 Å². The lowest BCUT2D eigenvalue weighted by atomic mass is 10.0. The Bertz CT molecular complexity index is 2010. The number of amides is 3. The Morgan fingerprint density at radius 1 is 1.00 bits per heavy atom. The summed E-state index contributed by atoms with van der Waals surface area (Å²) in [5.41, 5.74) is 0.898. The van der Waals surface area contributed by atoms with Gasteiger partial charge in [0.2, 0.25) is 15.9 Å². The van der Waals surface area contributed by atoms with Gasteiger partial charge in [-0.1, -0.05) is 79.0 Å². The highest BCUT2D eigenvalue weighted by atomic mass is 35.5. The van der Waals surface area contributed by atoms with Crippen LogP contribution < -0.4 is 14.4 Å². The number of ether oxygens (including phenoxy) is 2. The molecule has 1 N–H and O–H groups in total. The second-order valence-corrected chi connectivity index (χ2v) is 15.0. The molecule has 0 aliphatic rings. The van der Waals surface area contributed by atoms with Crippen molar-refractivity contribution in [3.63, 3.8) is 0 Å². The van der Waals surface area contributed by atoms with Crippen LogP contribution in [0.3, 0.4) is 0 Å². The normalized spacial score (nSPS) is 10.9. The first-order valence-electron chi connectivity index (χ1n) is 16.7. The topological polar surface area (TPSA) is 165 Å². The number of nitro benzene ring substituents is 1. The minimum atomic E-state index is -4.62. The van der Waals surface area contributed by atoms with E-state index in [4.69, 9.17) is 55.9 Å². The molecule has 0 atom stereocenters. The van der Waals surface area contributed by atoms with Crippen LogP contribution in [0.5, 0.6) is 11.5 Å². The van der Waals surface area contributed by atoms with E-state index in [9.17, 15) is 46.1 Å². The fourth-order valence-corrected chi connectivity index (χ4v) is 5.84. The maximum atomic E-state index is 12.7. The number of carbonyl (C=O) groups is 3. The summed E-state index contributed by atoms with van der Waals surface area (Å²) in [6.45, 7) is 12.3. The summed E-state index contributed by atoms with van der Waals surface area (Å²) in [7, 11) is -2.42. The summed E-state index contributed by atoms with van der Waals surface area (Å²) in [6, 6.07) is 11.2. The smallest absolute Gasteiger partial charge is 0.416 e. The number of nitro groups is 1. The monoisotopic (exact) mass is 914 g/mol. The first-order valence-corrected chi connectivity index (χ1v) is 20.4. The molecule has 0 spiro atoms. The highest BCUT2D eigenvalue weighted by Crippen LogP contribution is 2.37. The number of benzene rings is 3. The predicted molar refractivity (Wildman–Crippen MR) is 220 cm³/mol. The first kappa shape index (κ1) is 51.6. The largest absolute Gasteiger partial charge is 0.456 e. The van der Waals surface area contributed by atoms with Crippen molar-refractivity contribution in [1.29, 1.82) is 0 Å². The van der Waals surface area contributed by atoms with E-state index in [1.54, 1.807) is 28.9 Å². The maximum Gasteiger partial charge on any atom is 0.416 e. The molecule has 58 heavy (non-hydrogen) atoms. The van der Waals surface area contributed by atoms with E-state index < -0.39 is 53.7 Å². The maximum absolute atomic E-state index is 12.7. The number of rotatable bonds is 16. The molecule has 3 aromatic carbocycles. The third-order valence-electron chi connectivity index (χ3n) is 7.28. The van der Waals surface area contributed by atoms with E-state index in [1.807, 2.05) is 18.2 Å². The number of para-hydroxylation sites is 1. The molecular weight excluding hydrogens is 875 g/mol. The molecule has 3 aromatic rings. The van der Waals surface area contributed by atoms with Crippen LogP contribution >= 0.6 is 46.4 Å². The number of anilines is 1. The minimum Gasteiger partial charge on any atom is -0.456 e. The molecule has 0 saturated carbocycles. The summed E-state index contributed by atoms with van der Waals surface area (Å²) >= 11 is 22.2. The van der Waals surface area contributed by atoms with Crippen LogP contribution in [-0.4, -0.2) is 79.9 Å². The zero-order valence-corrected chi connectivity index (χ0v) is 35.5. The summed E-state index contributed by atoms with van der Waals surface area (Å²) in [4.78, 5) is 47.4. The summed E-state index contributed by atoms with van der Waals surface area (Å²) in [5.74, 6) is -2.17. The van der Waals surface area contributed by atoms with Gasteiger partial charge in [0.05, 0.1) is 27.5 Å². The highest BCUT2D eigenvalue weighted by Gasteiger charge is 2.31. The van der Waals surface area contributed by atoms with Gasteiger partial charge >= 0.3 is 6.18 Å². The Morgan fingerprint density at radius 3 is 1.98 bits per heavy atom. The van der Waals surface area contributed by atoms with Gasteiger partial charge in [-0.25, -0.2) is 13.1 Å². The number of sulfonamides is 1. The van der Waals surface area contributed by atoms with Crippen molar-refractivity contribution >= 4 is 85.5 Å². The molecule has 0 aromatic heterocycles. The van der Waals surface area contributed by atoms with Crippen molar-refractivity contribution < 1.29 is 50.4 Å². The van der Waals surface area contributed by atoms with Crippen LogP contribution in [0.15, 0.2) is 79.9 Å². The van der Waals surface area contributed by atoms with E-state index in [-0.39, 0.29) is 35.9 Å². The SMILES string of the molecule is C=CCN(CC=C)C(=O)C(Cl)Cl.CCc1cccc(CC)c1N(COC)C(=O)CCl.CS(=O)(=O)NC(=O)c1cc(Oc2ccc(C(F)(F)F)cc2Cl)ccc1[N+](=O)[O-]. The molecule has 0 saturated heterocycles. The van der Waals surface area contributed by atoms with Crippen molar-refractivity contribution in [3.05, 3.63) is 117 Å². The molecule has 13 nitrogen and oxygen atoms in total. The Hall–Kier alpha value is -4.39. The molecule has 3 rings (SSSR count). The number of halogens is 7. The van der Waals surface area contributed by atoms with Crippen molar-refractivity contribution in [2.45, 2.75) is 37.7 Å². The molecule has 0 bridgehead atoms. The average Bonchev–Trinajstić information content (AvgIpc) is 3.16. The molecule has 0 radical (unpaired) electrons. The summed E-state index contributed by atoms with van der Waals surface area (Å²) < 4.78 is 72.4. The van der Waals surface area contributed by atoms with Gasteiger partial charge in [0.1, 0.15) is 29.7 Å². The third-order valence-corrected chi connectivity index (χ3v) is 8.73. The second-order valence-electron chi connectivity index (χ2n) is 11.5. The quantitative estimate of drug-likeness (QED) is 0.0486. The van der Waals surface area contributed by atoms with E-state index in [1.165, 1.54) is 4.90 Å². The van der Waals surface area contributed by atoms with E-state index in [0.717, 1.165) is 53.9 Å². The Morgan fingerprint density at radius 2 is 1.57 bits per heavy atom. The van der Waals surface area contributed by atoms with E-state index in [2.05, 4.69) is 27.0 Å². The molecule has 318 valence electrons. The van der Waals surface area contributed by atoms with Crippen LogP contribution in [-0.2, 0) is 43.4 Å². The molecule has 0 unspecified atom stereocenters. The lowest BCUT2D eigenvalue weighted by Gasteiger charge is -2.26. The van der Waals surface area contributed by atoms with E-state index in [0.29, 0.717) is 31.5 Å². The van der Waals surface area contributed by atoms with Crippen LogP contribution in [0.25, 0.3) is 0 Å². The first-order chi connectivity index (χ1) is 27.1. The van der Waals surface area contributed by atoms with Crippen molar-refractivity contribution in [3.8, 4) is 11.5 Å². The molecular formula is C37H41Cl4F3N4O9S. The highest BCUT2D eigenvalue weighted by molar-refractivity contribution is 7.89. The van der Waals surface area contributed by atoms with Gasteiger partial charge < -0.3 is 14.4 Å². The zero-order valence-electron chi connectivity index (χ0n) is 31.7. The molecule has 0 heterocycles. The molecule has 0 aliphatic carbocycles. The van der Waals surface area contributed by atoms with Crippen LogP contribution in [0, 0.1) is 10.1 Å². The molecule has 21 heteroatoms. The fourth-order valence-electron chi connectivity index (χ4n) is 4.76. The average molecular weight is 917 g/mol.